The van der Waals surface area contributed by atoms with Crippen LogP contribution in [0.5, 0.6) is 0 Å². The highest BCUT2D eigenvalue weighted by atomic mass is 16.3. The minimum atomic E-state index is 0.0486. The molecule has 0 aromatic rings. The molecule has 8 heavy (non-hydrogen) atoms. The zero-order valence-electron chi connectivity index (χ0n) is 5.01. The lowest BCUT2D eigenvalue weighted by molar-refractivity contribution is 0.144. The van der Waals surface area contributed by atoms with Crippen molar-refractivity contribution in [1.82, 2.24) is 0 Å². The molecule has 0 unspecified atom stereocenters. The summed E-state index contributed by atoms with van der Waals surface area (Å²) in [5, 5.41) is 16.9. The maximum absolute atomic E-state index is 8.47. The van der Waals surface area contributed by atoms with Gasteiger partial charge < -0.3 is 10.2 Å². The molecule has 0 aliphatic heterocycles. The first kappa shape index (κ1) is 7.92. The number of aliphatic hydroxyl groups excluding tert-OH is 2. The summed E-state index contributed by atoms with van der Waals surface area (Å²) in [5.74, 6) is 0.0486. The van der Waals surface area contributed by atoms with Crippen LogP contribution in [0.1, 0.15) is 12.8 Å². The van der Waals surface area contributed by atoms with Crippen LogP contribution in [0.15, 0.2) is 0 Å². The third-order valence-electron chi connectivity index (χ3n) is 1.13. The molecule has 1 radical (unpaired) electrons. The van der Waals surface area contributed by atoms with Gasteiger partial charge in [0.05, 0.1) is 0 Å². The summed E-state index contributed by atoms with van der Waals surface area (Å²) in [6.45, 7) is 3.75. The van der Waals surface area contributed by atoms with Gasteiger partial charge in [-0.2, -0.15) is 0 Å². The van der Waals surface area contributed by atoms with E-state index in [0.717, 1.165) is 12.8 Å². The molecule has 2 nitrogen and oxygen atoms in total. The Kier molecular flexibility index (Phi) is 5.01. The molecule has 49 valence electrons. The molecule has 0 spiro atoms. The standard InChI is InChI=1S/C6H13O2/c1-2-3-6(4-7)5-8/h6-8H,1-5H2. The molecule has 0 rings (SSSR count). The van der Waals surface area contributed by atoms with Crippen molar-refractivity contribution in [2.45, 2.75) is 12.8 Å². The van der Waals surface area contributed by atoms with Crippen LogP contribution >= 0.6 is 0 Å². The molecule has 0 amide bonds. The lowest BCUT2D eigenvalue weighted by Gasteiger charge is -2.06. The Balaban J connectivity index is 3.07. The van der Waals surface area contributed by atoms with Crippen molar-refractivity contribution in [3.8, 4) is 0 Å². The van der Waals surface area contributed by atoms with Crippen LogP contribution in [0.2, 0.25) is 0 Å². The molecule has 0 aromatic carbocycles. The average Bonchev–Trinajstić information content (AvgIpc) is 1.83. The van der Waals surface area contributed by atoms with Crippen molar-refractivity contribution < 1.29 is 10.2 Å². The lowest BCUT2D eigenvalue weighted by Crippen LogP contribution is -2.09. The summed E-state index contributed by atoms with van der Waals surface area (Å²) in [5.41, 5.74) is 0. The predicted octanol–water partition coefficient (Wildman–Crippen LogP) is 0.201. The Morgan fingerprint density at radius 2 is 1.75 bits per heavy atom. The van der Waals surface area contributed by atoms with Crippen LogP contribution in [0.25, 0.3) is 0 Å². The molecule has 0 bridgehead atoms. The topological polar surface area (TPSA) is 40.5 Å². The van der Waals surface area contributed by atoms with Crippen molar-refractivity contribution >= 4 is 0 Å². The van der Waals surface area contributed by atoms with Crippen LogP contribution in [0.3, 0.4) is 0 Å². The van der Waals surface area contributed by atoms with Crippen LogP contribution < -0.4 is 0 Å². The molecular weight excluding hydrogens is 104 g/mol. The monoisotopic (exact) mass is 117 g/mol. The second kappa shape index (κ2) is 5.06. The van der Waals surface area contributed by atoms with Crippen LogP contribution in [0, 0.1) is 12.8 Å². The summed E-state index contributed by atoms with van der Waals surface area (Å²) < 4.78 is 0. The van der Waals surface area contributed by atoms with Gasteiger partial charge in [0.2, 0.25) is 0 Å². The largest absolute Gasteiger partial charge is 0.396 e. The van der Waals surface area contributed by atoms with Gasteiger partial charge in [-0.25, -0.2) is 0 Å². The van der Waals surface area contributed by atoms with Gasteiger partial charge in [-0.3, -0.25) is 0 Å². The summed E-state index contributed by atoms with van der Waals surface area (Å²) in [6, 6.07) is 0. The SMILES string of the molecule is [CH2]CCC(CO)CO. The molecule has 0 saturated carbocycles. The van der Waals surface area contributed by atoms with Crippen molar-refractivity contribution in [1.29, 1.82) is 0 Å². The van der Waals surface area contributed by atoms with E-state index < -0.39 is 0 Å². The molecule has 0 aliphatic carbocycles. The van der Waals surface area contributed by atoms with Gasteiger partial charge in [-0.1, -0.05) is 13.3 Å². The fourth-order valence-electron chi connectivity index (χ4n) is 0.529. The summed E-state index contributed by atoms with van der Waals surface area (Å²) >= 11 is 0. The van der Waals surface area contributed by atoms with E-state index in [4.69, 9.17) is 10.2 Å². The highest BCUT2D eigenvalue weighted by Gasteiger charge is 2.01. The fourth-order valence-corrected chi connectivity index (χ4v) is 0.529. The molecule has 2 heteroatoms. The minimum Gasteiger partial charge on any atom is -0.396 e. The van der Waals surface area contributed by atoms with Crippen molar-refractivity contribution in [2.24, 2.45) is 5.92 Å². The maximum atomic E-state index is 8.47. The van der Waals surface area contributed by atoms with E-state index in [2.05, 4.69) is 6.92 Å². The van der Waals surface area contributed by atoms with E-state index in [-0.39, 0.29) is 19.1 Å². The Hall–Kier alpha value is -0.0800. The third kappa shape index (κ3) is 2.99. The molecule has 2 N–H and O–H groups in total. The van der Waals surface area contributed by atoms with E-state index in [9.17, 15) is 0 Å². The molecule has 0 saturated heterocycles. The average molecular weight is 117 g/mol. The smallest absolute Gasteiger partial charge is 0.0481 e. The van der Waals surface area contributed by atoms with E-state index >= 15 is 0 Å². The first-order chi connectivity index (χ1) is 3.85. The first-order valence-electron chi connectivity index (χ1n) is 2.86. The zero-order chi connectivity index (χ0) is 6.41. The molecule has 0 fully saturated rings. The molecule has 0 aliphatic rings. The number of hydrogen-bond donors (Lipinski definition) is 2. The first-order valence-corrected chi connectivity index (χ1v) is 2.86. The van der Waals surface area contributed by atoms with Crippen molar-refractivity contribution in [2.75, 3.05) is 13.2 Å². The van der Waals surface area contributed by atoms with Crippen molar-refractivity contribution in [3.05, 3.63) is 6.92 Å². The Morgan fingerprint density at radius 3 is 1.88 bits per heavy atom. The third-order valence-corrected chi connectivity index (χ3v) is 1.13. The number of aliphatic hydroxyl groups is 2. The highest BCUT2D eigenvalue weighted by Crippen LogP contribution is 2.01. The van der Waals surface area contributed by atoms with Crippen LogP contribution in [0.4, 0.5) is 0 Å². The van der Waals surface area contributed by atoms with Crippen LogP contribution in [-0.4, -0.2) is 23.4 Å². The van der Waals surface area contributed by atoms with Gasteiger partial charge in [-0.05, 0) is 6.42 Å². The Labute approximate surface area is 50.2 Å². The molecule has 0 atom stereocenters. The minimum absolute atomic E-state index is 0.0486. The summed E-state index contributed by atoms with van der Waals surface area (Å²) in [7, 11) is 0. The van der Waals surface area contributed by atoms with Gasteiger partial charge in [0.15, 0.2) is 0 Å². The molecule has 0 aromatic heterocycles. The van der Waals surface area contributed by atoms with E-state index in [1.807, 2.05) is 0 Å². The van der Waals surface area contributed by atoms with E-state index in [0.29, 0.717) is 0 Å². The summed E-state index contributed by atoms with van der Waals surface area (Å²) in [6.07, 6.45) is 1.60. The number of rotatable bonds is 4. The zero-order valence-corrected chi connectivity index (χ0v) is 5.01. The summed E-state index contributed by atoms with van der Waals surface area (Å²) in [4.78, 5) is 0. The van der Waals surface area contributed by atoms with Gasteiger partial charge in [0.25, 0.3) is 0 Å². The normalized spacial score (nSPS) is 10.5. The number of hydrogen-bond acceptors (Lipinski definition) is 2. The van der Waals surface area contributed by atoms with Crippen molar-refractivity contribution in [3.63, 3.8) is 0 Å². The van der Waals surface area contributed by atoms with Gasteiger partial charge in [0.1, 0.15) is 0 Å². The molecular formula is C6H13O2. The fraction of sp³-hybridized carbons (Fsp3) is 0.833. The quantitative estimate of drug-likeness (QED) is 0.552. The second-order valence-electron chi connectivity index (χ2n) is 1.87. The van der Waals surface area contributed by atoms with Gasteiger partial charge in [-0.15, -0.1) is 0 Å². The molecule has 0 heterocycles. The van der Waals surface area contributed by atoms with Gasteiger partial charge >= 0.3 is 0 Å². The van der Waals surface area contributed by atoms with Crippen LogP contribution in [-0.2, 0) is 0 Å². The predicted molar refractivity (Wildman–Crippen MR) is 32.3 cm³/mol. The maximum Gasteiger partial charge on any atom is 0.0481 e. The van der Waals surface area contributed by atoms with E-state index in [1.165, 1.54) is 0 Å². The Bertz CT molecular complexity index is 41.8. The second-order valence-corrected chi connectivity index (χ2v) is 1.87. The lowest BCUT2D eigenvalue weighted by atomic mass is 10.1. The Morgan fingerprint density at radius 1 is 1.25 bits per heavy atom. The van der Waals surface area contributed by atoms with Gasteiger partial charge in [0, 0.05) is 19.1 Å². The highest BCUT2D eigenvalue weighted by molar-refractivity contribution is 4.55. The van der Waals surface area contributed by atoms with E-state index in [1.54, 1.807) is 0 Å².